The van der Waals surface area contributed by atoms with Gasteiger partial charge in [0, 0.05) is 19.3 Å². The number of carbonyl (C=O) groups is 3. The molecule has 5 nitrogen and oxygen atoms in total. The third-order valence-corrected chi connectivity index (χ3v) is 4.10. The zero-order valence-corrected chi connectivity index (χ0v) is 11.6. The Labute approximate surface area is 112 Å². The summed E-state index contributed by atoms with van der Waals surface area (Å²) in [5.74, 6) is -0.964. The van der Waals surface area contributed by atoms with Crippen LogP contribution in [0.5, 0.6) is 0 Å². The van der Waals surface area contributed by atoms with Crippen molar-refractivity contribution in [3.8, 4) is 0 Å². The first kappa shape index (κ1) is 14.2. The topological polar surface area (TPSA) is 69.7 Å². The van der Waals surface area contributed by atoms with Gasteiger partial charge in [0.05, 0.1) is 18.6 Å². The fourth-order valence-corrected chi connectivity index (χ4v) is 3.04. The molecule has 19 heavy (non-hydrogen) atoms. The van der Waals surface area contributed by atoms with Crippen LogP contribution in [0.4, 0.5) is 0 Å². The minimum Gasteiger partial charge on any atom is -0.456 e. The molecule has 0 saturated carbocycles. The normalized spacial score (nSPS) is 39.4. The maximum atomic E-state index is 12.0. The number of ether oxygens (including phenoxy) is 2. The van der Waals surface area contributed by atoms with Gasteiger partial charge in [-0.2, -0.15) is 0 Å². The summed E-state index contributed by atoms with van der Waals surface area (Å²) in [7, 11) is 0. The summed E-state index contributed by atoms with van der Waals surface area (Å²) in [6.45, 7) is 4.85. The summed E-state index contributed by atoms with van der Waals surface area (Å²) in [4.78, 5) is 35.1. The minimum absolute atomic E-state index is 0.0441. The second kappa shape index (κ2) is 5.04. The Morgan fingerprint density at radius 2 is 2.05 bits per heavy atom. The zero-order valence-electron chi connectivity index (χ0n) is 11.6. The highest BCUT2D eigenvalue weighted by Gasteiger charge is 2.47. The van der Waals surface area contributed by atoms with Crippen LogP contribution in [-0.2, 0) is 23.9 Å². The molecule has 106 valence electrons. The van der Waals surface area contributed by atoms with Crippen LogP contribution >= 0.6 is 0 Å². The molecule has 0 radical (unpaired) electrons. The van der Waals surface area contributed by atoms with Gasteiger partial charge in [-0.25, -0.2) is 0 Å². The summed E-state index contributed by atoms with van der Waals surface area (Å²) in [6, 6.07) is 0. The van der Waals surface area contributed by atoms with Crippen molar-refractivity contribution in [1.82, 2.24) is 0 Å². The number of hydrogen-bond donors (Lipinski definition) is 0. The number of rotatable bonds is 1. The van der Waals surface area contributed by atoms with E-state index in [9.17, 15) is 14.4 Å². The molecule has 2 fully saturated rings. The van der Waals surface area contributed by atoms with Crippen molar-refractivity contribution >= 4 is 17.5 Å². The smallest absolute Gasteiger partial charge is 0.303 e. The van der Waals surface area contributed by atoms with E-state index < -0.39 is 11.6 Å². The molecule has 0 N–H and O–H groups in total. The highest BCUT2D eigenvalue weighted by Crippen LogP contribution is 2.37. The highest BCUT2D eigenvalue weighted by molar-refractivity contribution is 6.00. The molecule has 0 amide bonds. The Kier molecular flexibility index (Phi) is 3.76. The molecule has 2 aliphatic rings. The van der Waals surface area contributed by atoms with E-state index in [0.717, 1.165) is 6.42 Å². The lowest BCUT2D eigenvalue weighted by atomic mass is 9.85. The van der Waals surface area contributed by atoms with Crippen LogP contribution in [0.1, 0.15) is 46.5 Å². The van der Waals surface area contributed by atoms with Crippen LogP contribution in [0.2, 0.25) is 0 Å². The summed E-state index contributed by atoms with van der Waals surface area (Å²) in [6.07, 6.45) is 0.951. The fourth-order valence-electron chi connectivity index (χ4n) is 3.04. The lowest BCUT2D eigenvalue weighted by molar-refractivity contribution is -0.175. The van der Waals surface area contributed by atoms with E-state index in [1.54, 1.807) is 13.8 Å². The van der Waals surface area contributed by atoms with Gasteiger partial charge in [-0.05, 0) is 19.8 Å². The van der Waals surface area contributed by atoms with Gasteiger partial charge < -0.3 is 9.47 Å². The largest absolute Gasteiger partial charge is 0.456 e. The van der Waals surface area contributed by atoms with Gasteiger partial charge in [0.1, 0.15) is 17.2 Å². The Hall–Kier alpha value is -1.23. The molecule has 4 atom stereocenters. The van der Waals surface area contributed by atoms with Crippen LogP contribution < -0.4 is 0 Å². The van der Waals surface area contributed by atoms with Crippen molar-refractivity contribution < 1.29 is 23.9 Å². The molecule has 0 aromatic heterocycles. The van der Waals surface area contributed by atoms with Crippen LogP contribution in [0, 0.1) is 5.92 Å². The van der Waals surface area contributed by atoms with Crippen LogP contribution in [0.25, 0.3) is 0 Å². The van der Waals surface area contributed by atoms with Crippen molar-refractivity contribution in [2.24, 2.45) is 5.92 Å². The number of esters is 1. The average Bonchev–Trinajstić information content (AvgIpc) is 2.75. The molecular weight excluding hydrogens is 248 g/mol. The highest BCUT2D eigenvalue weighted by atomic mass is 16.6. The van der Waals surface area contributed by atoms with E-state index in [1.807, 2.05) is 0 Å². The first-order valence-electron chi connectivity index (χ1n) is 6.71. The molecule has 5 heteroatoms. The van der Waals surface area contributed by atoms with E-state index >= 15 is 0 Å². The molecule has 0 aromatic carbocycles. The average molecular weight is 268 g/mol. The van der Waals surface area contributed by atoms with Crippen LogP contribution in [0.15, 0.2) is 0 Å². The Morgan fingerprint density at radius 3 is 2.68 bits per heavy atom. The van der Waals surface area contributed by atoms with Crippen molar-refractivity contribution in [2.45, 2.75) is 64.3 Å². The monoisotopic (exact) mass is 268 g/mol. The van der Waals surface area contributed by atoms with Crippen molar-refractivity contribution in [3.63, 3.8) is 0 Å². The van der Waals surface area contributed by atoms with Gasteiger partial charge >= 0.3 is 5.97 Å². The number of carbonyl (C=O) groups excluding carboxylic acids is 3. The number of fused-ring (bicyclic) bond motifs is 2. The third-order valence-electron chi connectivity index (χ3n) is 4.10. The lowest BCUT2D eigenvalue weighted by Gasteiger charge is -2.33. The SMILES string of the molecule is CC(=O)OC1(C)CC(=O)CC(=O)[C@H](C)[C@@H]2CC[C@H]1O2. The van der Waals surface area contributed by atoms with Gasteiger partial charge in [-0.1, -0.05) is 6.92 Å². The Morgan fingerprint density at radius 1 is 1.37 bits per heavy atom. The maximum absolute atomic E-state index is 12.0. The minimum atomic E-state index is -0.956. The molecule has 2 rings (SSSR count). The lowest BCUT2D eigenvalue weighted by Crippen LogP contribution is -2.45. The molecular formula is C14H20O5. The maximum Gasteiger partial charge on any atom is 0.303 e. The van der Waals surface area contributed by atoms with Crippen LogP contribution in [-0.4, -0.2) is 35.3 Å². The Balaban J connectivity index is 2.28. The van der Waals surface area contributed by atoms with E-state index in [-0.39, 0.29) is 42.5 Å². The third kappa shape index (κ3) is 2.86. The summed E-state index contributed by atoms with van der Waals surface area (Å²) < 4.78 is 11.2. The second-order valence-corrected chi connectivity index (χ2v) is 5.79. The molecule has 2 aliphatic heterocycles. The van der Waals surface area contributed by atoms with E-state index in [1.165, 1.54) is 6.92 Å². The molecule has 0 aromatic rings. The fraction of sp³-hybridized carbons (Fsp3) is 0.786. The van der Waals surface area contributed by atoms with E-state index in [0.29, 0.717) is 6.42 Å². The standard InChI is InChI=1S/C14H20O5/c1-8-11(17)6-10(16)7-14(3,19-9(2)15)13-5-4-12(8)18-13/h8,12-13H,4-7H2,1-3H3/t8-,12-,13+,14?/m0/s1. The van der Waals surface area contributed by atoms with Crippen molar-refractivity contribution in [1.29, 1.82) is 0 Å². The molecule has 0 spiro atoms. The first-order valence-corrected chi connectivity index (χ1v) is 6.71. The van der Waals surface area contributed by atoms with E-state index in [2.05, 4.69) is 0 Å². The second-order valence-electron chi connectivity index (χ2n) is 5.79. The van der Waals surface area contributed by atoms with Gasteiger partial charge in [0.2, 0.25) is 0 Å². The van der Waals surface area contributed by atoms with Gasteiger partial charge in [-0.15, -0.1) is 0 Å². The number of ketones is 2. The summed E-state index contributed by atoms with van der Waals surface area (Å²) in [5, 5.41) is 0. The van der Waals surface area contributed by atoms with E-state index in [4.69, 9.17) is 9.47 Å². The molecule has 2 bridgehead atoms. The number of Topliss-reactive ketones (excluding diaryl/α,β-unsaturated/α-hetero) is 2. The van der Waals surface area contributed by atoms with Gasteiger partial charge in [0.15, 0.2) is 0 Å². The van der Waals surface area contributed by atoms with Crippen LogP contribution in [0.3, 0.4) is 0 Å². The molecule has 2 saturated heterocycles. The molecule has 2 heterocycles. The predicted molar refractivity (Wildman–Crippen MR) is 66.5 cm³/mol. The van der Waals surface area contributed by atoms with Gasteiger partial charge in [0.25, 0.3) is 0 Å². The molecule has 1 unspecified atom stereocenters. The molecule has 0 aliphatic carbocycles. The Bertz CT molecular complexity index is 416. The summed E-state index contributed by atoms with van der Waals surface area (Å²) in [5.41, 5.74) is -0.956. The predicted octanol–water partition coefficient (Wildman–Crippen LogP) is 1.42. The quantitative estimate of drug-likeness (QED) is 0.531. The zero-order chi connectivity index (χ0) is 14.2. The summed E-state index contributed by atoms with van der Waals surface area (Å²) >= 11 is 0. The van der Waals surface area contributed by atoms with Crippen molar-refractivity contribution in [2.75, 3.05) is 0 Å². The van der Waals surface area contributed by atoms with Crippen molar-refractivity contribution in [3.05, 3.63) is 0 Å². The number of hydrogen-bond acceptors (Lipinski definition) is 5. The van der Waals surface area contributed by atoms with Gasteiger partial charge in [-0.3, -0.25) is 14.4 Å². The first-order chi connectivity index (χ1) is 8.82.